The molecule has 0 fully saturated rings. The van der Waals surface area contributed by atoms with Gasteiger partial charge in [-0.25, -0.2) is 0 Å². The monoisotopic (exact) mass is 374 g/mol. The van der Waals surface area contributed by atoms with E-state index in [1.165, 1.54) is 4.90 Å². The fraction of sp³-hybridized carbons (Fsp3) is 0.200. The first-order valence-electron chi connectivity index (χ1n) is 9.22. The Kier molecular flexibility index (Phi) is 6.20. The predicted molar refractivity (Wildman–Crippen MR) is 118 cm³/mol. The SMILES string of the molecule is CC(C)(C)Sc1ccccc1/C=C(/c1ccccc1)C(O)c1ccccc1. The van der Waals surface area contributed by atoms with Crippen molar-refractivity contribution >= 4 is 23.4 Å². The van der Waals surface area contributed by atoms with Gasteiger partial charge in [-0.3, -0.25) is 0 Å². The van der Waals surface area contributed by atoms with Crippen LogP contribution >= 0.6 is 11.8 Å². The van der Waals surface area contributed by atoms with Crippen LogP contribution in [0.5, 0.6) is 0 Å². The lowest BCUT2D eigenvalue weighted by Crippen LogP contribution is -2.07. The van der Waals surface area contributed by atoms with Crippen molar-refractivity contribution in [3.63, 3.8) is 0 Å². The first kappa shape index (κ1) is 19.5. The summed E-state index contributed by atoms with van der Waals surface area (Å²) in [4.78, 5) is 1.22. The van der Waals surface area contributed by atoms with Gasteiger partial charge in [0.15, 0.2) is 0 Å². The third-order valence-electron chi connectivity index (χ3n) is 4.16. The standard InChI is InChI=1S/C25H26OS/c1-25(2,3)27-23-17-11-10-16-21(23)18-22(19-12-6-4-7-13-19)24(26)20-14-8-5-9-15-20/h4-18,24,26H,1-3H3/b22-18-. The van der Waals surface area contributed by atoms with E-state index in [1.807, 2.05) is 60.3 Å². The number of aliphatic hydroxyl groups excluding tert-OH is 1. The number of hydrogen-bond acceptors (Lipinski definition) is 2. The number of aliphatic hydroxyl groups is 1. The lowest BCUT2D eigenvalue weighted by molar-refractivity contribution is 0.239. The molecule has 1 atom stereocenters. The minimum atomic E-state index is -0.679. The molecular weight excluding hydrogens is 348 g/mol. The average Bonchev–Trinajstić information content (AvgIpc) is 2.67. The van der Waals surface area contributed by atoms with Crippen molar-refractivity contribution in [2.24, 2.45) is 0 Å². The second-order valence-corrected chi connectivity index (χ2v) is 9.40. The van der Waals surface area contributed by atoms with Gasteiger partial charge in [0.2, 0.25) is 0 Å². The Morgan fingerprint density at radius 1 is 0.815 bits per heavy atom. The molecule has 2 heteroatoms. The maximum atomic E-state index is 11.1. The fourth-order valence-electron chi connectivity index (χ4n) is 2.96. The minimum absolute atomic E-state index is 0.120. The molecule has 1 unspecified atom stereocenters. The summed E-state index contributed by atoms with van der Waals surface area (Å²) in [5.74, 6) is 0. The van der Waals surface area contributed by atoms with Crippen LogP contribution in [0.2, 0.25) is 0 Å². The molecule has 0 amide bonds. The van der Waals surface area contributed by atoms with Crippen molar-refractivity contribution in [3.8, 4) is 0 Å². The van der Waals surface area contributed by atoms with Crippen molar-refractivity contribution in [3.05, 3.63) is 102 Å². The molecule has 0 aliphatic carbocycles. The molecule has 1 nitrogen and oxygen atoms in total. The molecule has 3 aromatic carbocycles. The molecule has 0 aliphatic heterocycles. The van der Waals surface area contributed by atoms with Crippen LogP contribution in [0.25, 0.3) is 11.6 Å². The van der Waals surface area contributed by atoms with Crippen LogP contribution in [-0.4, -0.2) is 9.85 Å². The zero-order valence-electron chi connectivity index (χ0n) is 16.1. The van der Waals surface area contributed by atoms with Crippen LogP contribution in [0.1, 0.15) is 43.6 Å². The van der Waals surface area contributed by atoms with E-state index in [9.17, 15) is 5.11 Å². The van der Waals surface area contributed by atoms with Gasteiger partial charge in [-0.15, -0.1) is 11.8 Å². The summed E-state index contributed by atoms with van der Waals surface area (Å²) in [6.07, 6.45) is 1.45. The van der Waals surface area contributed by atoms with Gasteiger partial charge in [-0.05, 0) is 34.4 Å². The van der Waals surface area contributed by atoms with E-state index in [0.717, 1.165) is 22.3 Å². The van der Waals surface area contributed by atoms with Gasteiger partial charge in [0, 0.05) is 9.64 Å². The number of thioether (sulfide) groups is 1. The Bertz CT molecular complexity index is 892. The Labute approximate surface area is 166 Å². The fourth-order valence-corrected chi connectivity index (χ4v) is 4.01. The zero-order valence-corrected chi connectivity index (χ0v) is 16.9. The Morgan fingerprint density at radius 3 is 2.00 bits per heavy atom. The molecule has 0 radical (unpaired) electrons. The molecular formula is C25H26OS. The zero-order chi connectivity index (χ0) is 19.3. The smallest absolute Gasteiger partial charge is 0.105 e. The third kappa shape index (κ3) is 5.35. The van der Waals surface area contributed by atoms with E-state index in [1.54, 1.807) is 0 Å². The van der Waals surface area contributed by atoms with Crippen molar-refractivity contribution in [1.29, 1.82) is 0 Å². The Hall–Kier alpha value is -2.29. The lowest BCUT2D eigenvalue weighted by Gasteiger charge is -2.20. The topological polar surface area (TPSA) is 20.2 Å². The predicted octanol–water partition coefficient (Wildman–Crippen LogP) is 6.85. The lowest BCUT2D eigenvalue weighted by atomic mass is 9.93. The molecule has 3 rings (SSSR count). The summed E-state index contributed by atoms with van der Waals surface area (Å²) < 4.78 is 0.120. The highest BCUT2D eigenvalue weighted by atomic mass is 32.2. The molecule has 0 aliphatic rings. The van der Waals surface area contributed by atoms with Crippen LogP contribution in [0, 0.1) is 0 Å². The molecule has 1 N–H and O–H groups in total. The molecule has 3 aromatic rings. The minimum Gasteiger partial charge on any atom is -0.384 e. The van der Waals surface area contributed by atoms with Crippen LogP contribution in [0.3, 0.4) is 0 Å². The largest absolute Gasteiger partial charge is 0.384 e. The van der Waals surface area contributed by atoms with E-state index in [-0.39, 0.29) is 4.75 Å². The first-order chi connectivity index (χ1) is 12.9. The maximum Gasteiger partial charge on any atom is 0.105 e. The van der Waals surface area contributed by atoms with E-state index in [2.05, 4.69) is 63.2 Å². The Morgan fingerprint density at radius 2 is 1.37 bits per heavy atom. The number of hydrogen-bond donors (Lipinski definition) is 1. The quantitative estimate of drug-likeness (QED) is 0.389. The van der Waals surface area contributed by atoms with Gasteiger partial charge in [0.25, 0.3) is 0 Å². The summed E-state index contributed by atoms with van der Waals surface area (Å²) in [6, 6.07) is 28.4. The molecule has 138 valence electrons. The summed E-state index contributed by atoms with van der Waals surface area (Å²) in [7, 11) is 0. The van der Waals surface area contributed by atoms with Gasteiger partial charge >= 0.3 is 0 Å². The first-order valence-corrected chi connectivity index (χ1v) is 10.0. The van der Waals surface area contributed by atoms with Gasteiger partial charge in [0.1, 0.15) is 6.10 Å². The molecule has 0 bridgehead atoms. The highest BCUT2D eigenvalue weighted by molar-refractivity contribution is 8.00. The molecule has 27 heavy (non-hydrogen) atoms. The van der Waals surface area contributed by atoms with E-state index >= 15 is 0 Å². The van der Waals surface area contributed by atoms with E-state index in [0.29, 0.717) is 0 Å². The van der Waals surface area contributed by atoms with Crippen LogP contribution in [0.15, 0.2) is 89.8 Å². The normalized spacial score (nSPS) is 13.4. The van der Waals surface area contributed by atoms with Gasteiger partial charge < -0.3 is 5.11 Å². The van der Waals surface area contributed by atoms with Crippen LogP contribution < -0.4 is 0 Å². The number of rotatable bonds is 5. The maximum absolute atomic E-state index is 11.1. The summed E-state index contributed by atoms with van der Waals surface area (Å²) in [5, 5.41) is 11.1. The molecule has 0 aromatic heterocycles. The summed E-state index contributed by atoms with van der Waals surface area (Å²) >= 11 is 1.85. The van der Waals surface area contributed by atoms with Crippen molar-refractivity contribution in [1.82, 2.24) is 0 Å². The van der Waals surface area contributed by atoms with Crippen molar-refractivity contribution < 1.29 is 5.11 Å². The highest BCUT2D eigenvalue weighted by Gasteiger charge is 2.18. The molecule has 0 saturated carbocycles. The highest BCUT2D eigenvalue weighted by Crippen LogP contribution is 2.37. The third-order valence-corrected chi connectivity index (χ3v) is 5.37. The van der Waals surface area contributed by atoms with Crippen LogP contribution in [0.4, 0.5) is 0 Å². The second kappa shape index (κ2) is 8.60. The van der Waals surface area contributed by atoms with Gasteiger partial charge in [-0.2, -0.15) is 0 Å². The summed E-state index contributed by atoms with van der Waals surface area (Å²) in [5.41, 5.74) is 3.97. The van der Waals surface area contributed by atoms with Gasteiger partial charge in [0.05, 0.1) is 0 Å². The molecule has 0 saturated heterocycles. The van der Waals surface area contributed by atoms with E-state index < -0.39 is 6.10 Å². The average molecular weight is 375 g/mol. The van der Waals surface area contributed by atoms with Crippen molar-refractivity contribution in [2.75, 3.05) is 0 Å². The van der Waals surface area contributed by atoms with Crippen molar-refractivity contribution in [2.45, 2.75) is 36.5 Å². The summed E-state index contributed by atoms with van der Waals surface area (Å²) in [6.45, 7) is 6.65. The molecule has 0 spiro atoms. The van der Waals surface area contributed by atoms with Gasteiger partial charge in [-0.1, -0.05) is 99.6 Å². The second-order valence-electron chi connectivity index (χ2n) is 7.53. The van der Waals surface area contributed by atoms with Crippen LogP contribution in [-0.2, 0) is 0 Å². The Balaban J connectivity index is 2.09. The number of benzene rings is 3. The van der Waals surface area contributed by atoms with E-state index in [4.69, 9.17) is 0 Å². The molecule has 0 heterocycles.